The van der Waals surface area contributed by atoms with Crippen LogP contribution in [0.3, 0.4) is 0 Å². The van der Waals surface area contributed by atoms with Crippen molar-refractivity contribution in [2.75, 3.05) is 5.73 Å². The molecule has 0 fully saturated rings. The van der Waals surface area contributed by atoms with Gasteiger partial charge in [-0.1, -0.05) is 0 Å². The first-order valence-electron chi connectivity index (χ1n) is 5.18. The number of fused-ring (bicyclic) bond motifs is 1. The molecule has 0 aliphatic heterocycles. The van der Waals surface area contributed by atoms with Gasteiger partial charge in [0.05, 0.1) is 11.7 Å². The maximum Gasteiger partial charge on any atom is 0.251 e. The Balaban J connectivity index is 2.03. The van der Waals surface area contributed by atoms with Crippen molar-refractivity contribution in [1.82, 2.24) is 20.2 Å². The third kappa shape index (κ3) is 1.95. The zero-order valence-corrected chi connectivity index (χ0v) is 9.99. The molecule has 1 aromatic carbocycles. The van der Waals surface area contributed by atoms with Gasteiger partial charge < -0.3 is 10.7 Å². The van der Waals surface area contributed by atoms with E-state index in [-0.39, 0.29) is 5.56 Å². The van der Waals surface area contributed by atoms with Crippen LogP contribution in [0.4, 0.5) is 5.69 Å². The molecule has 0 atom stereocenters. The van der Waals surface area contributed by atoms with E-state index in [4.69, 9.17) is 5.73 Å². The van der Waals surface area contributed by atoms with E-state index in [0.717, 1.165) is 15.8 Å². The number of H-pyrrole nitrogens is 2. The predicted octanol–water partition coefficient (Wildman–Crippen LogP) is 1.38. The lowest BCUT2D eigenvalue weighted by Crippen LogP contribution is -2.05. The van der Waals surface area contributed by atoms with Crippen LogP contribution in [0.1, 0.15) is 0 Å². The molecule has 0 saturated heterocycles. The Morgan fingerprint density at radius 2 is 2.22 bits per heavy atom. The molecular weight excluding hydrogens is 250 g/mol. The van der Waals surface area contributed by atoms with Crippen LogP contribution in [-0.2, 0) is 0 Å². The lowest BCUT2D eigenvalue weighted by atomic mass is 10.2. The SMILES string of the molecule is Nc1cc2cn[nH]c2cc1Sc1nccc(=O)[nH]1. The molecule has 2 heterocycles. The summed E-state index contributed by atoms with van der Waals surface area (Å²) >= 11 is 1.31. The topological polar surface area (TPSA) is 100 Å². The van der Waals surface area contributed by atoms with Crippen LogP contribution < -0.4 is 11.3 Å². The van der Waals surface area contributed by atoms with Crippen molar-refractivity contribution in [2.45, 2.75) is 10.1 Å². The van der Waals surface area contributed by atoms with Crippen molar-refractivity contribution in [3.63, 3.8) is 0 Å². The van der Waals surface area contributed by atoms with Crippen molar-refractivity contribution < 1.29 is 0 Å². The summed E-state index contributed by atoms with van der Waals surface area (Å²) in [6, 6.07) is 5.09. The van der Waals surface area contributed by atoms with Crippen molar-refractivity contribution in [3.8, 4) is 0 Å². The van der Waals surface area contributed by atoms with Crippen molar-refractivity contribution in [2.24, 2.45) is 0 Å². The number of hydrogen-bond acceptors (Lipinski definition) is 5. The molecular formula is C11H9N5OS. The van der Waals surface area contributed by atoms with E-state index in [1.54, 1.807) is 6.20 Å². The van der Waals surface area contributed by atoms with Crippen molar-refractivity contribution in [3.05, 3.63) is 40.9 Å². The molecule has 0 aliphatic rings. The average Bonchev–Trinajstić information content (AvgIpc) is 2.76. The summed E-state index contributed by atoms with van der Waals surface area (Å²) in [5.41, 5.74) is 7.28. The molecule has 7 heteroatoms. The molecule has 90 valence electrons. The second-order valence-electron chi connectivity index (χ2n) is 3.69. The molecule has 6 nitrogen and oxygen atoms in total. The predicted molar refractivity (Wildman–Crippen MR) is 69.5 cm³/mol. The monoisotopic (exact) mass is 259 g/mol. The molecule has 3 aromatic rings. The van der Waals surface area contributed by atoms with Crippen molar-refractivity contribution >= 4 is 28.4 Å². The molecule has 0 saturated carbocycles. The van der Waals surface area contributed by atoms with Crippen LogP contribution in [0.15, 0.2) is 45.4 Å². The minimum atomic E-state index is -0.186. The number of benzene rings is 1. The summed E-state index contributed by atoms with van der Waals surface area (Å²) < 4.78 is 0. The molecule has 4 N–H and O–H groups in total. The van der Waals surface area contributed by atoms with E-state index < -0.39 is 0 Å². The third-order valence-corrected chi connectivity index (χ3v) is 3.40. The highest BCUT2D eigenvalue weighted by Gasteiger charge is 2.07. The Kier molecular flexibility index (Phi) is 2.52. The zero-order valence-electron chi connectivity index (χ0n) is 9.18. The van der Waals surface area contributed by atoms with Gasteiger partial charge in [0.1, 0.15) is 0 Å². The van der Waals surface area contributed by atoms with E-state index in [2.05, 4.69) is 20.2 Å². The smallest absolute Gasteiger partial charge is 0.251 e. The van der Waals surface area contributed by atoms with Crippen LogP contribution >= 0.6 is 11.8 Å². The summed E-state index contributed by atoms with van der Waals surface area (Å²) in [6.07, 6.45) is 3.18. The lowest BCUT2D eigenvalue weighted by Gasteiger charge is -2.04. The van der Waals surface area contributed by atoms with E-state index in [1.165, 1.54) is 24.0 Å². The maximum atomic E-state index is 11.2. The minimum Gasteiger partial charge on any atom is -0.398 e. The van der Waals surface area contributed by atoms with E-state index >= 15 is 0 Å². The molecule has 0 radical (unpaired) electrons. The molecule has 18 heavy (non-hydrogen) atoms. The van der Waals surface area contributed by atoms with E-state index in [9.17, 15) is 4.79 Å². The molecule has 0 spiro atoms. The number of nitrogen functional groups attached to an aromatic ring is 1. The largest absolute Gasteiger partial charge is 0.398 e. The highest BCUT2D eigenvalue weighted by Crippen LogP contribution is 2.32. The third-order valence-electron chi connectivity index (χ3n) is 2.43. The van der Waals surface area contributed by atoms with Gasteiger partial charge in [-0.25, -0.2) is 4.98 Å². The quantitative estimate of drug-likeness (QED) is 0.477. The fourth-order valence-electron chi connectivity index (χ4n) is 1.59. The Morgan fingerprint density at radius 1 is 1.33 bits per heavy atom. The number of aromatic amines is 2. The van der Waals surface area contributed by atoms with Gasteiger partial charge in [-0.15, -0.1) is 0 Å². The summed E-state index contributed by atoms with van der Waals surface area (Å²) in [5, 5.41) is 8.27. The summed E-state index contributed by atoms with van der Waals surface area (Å²) in [6.45, 7) is 0. The van der Waals surface area contributed by atoms with Crippen LogP contribution in [-0.4, -0.2) is 20.2 Å². The van der Waals surface area contributed by atoms with Gasteiger partial charge in [-0.2, -0.15) is 5.10 Å². The maximum absolute atomic E-state index is 11.2. The number of nitrogens with zero attached hydrogens (tertiary/aromatic N) is 2. The number of nitrogens with two attached hydrogens (primary N) is 1. The summed E-state index contributed by atoms with van der Waals surface area (Å²) in [7, 11) is 0. The average molecular weight is 259 g/mol. The fourth-order valence-corrected chi connectivity index (χ4v) is 2.41. The normalized spacial score (nSPS) is 10.9. The van der Waals surface area contributed by atoms with Crippen molar-refractivity contribution in [1.29, 1.82) is 0 Å². The molecule has 0 aliphatic carbocycles. The number of rotatable bonds is 2. The minimum absolute atomic E-state index is 0.186. The van der Waals surface area contributed by atoms with Crippen LogP contribution in [0.2, 0.25) is 0 Å². The van der Waals surface area contributed by atoms with Gasteiger partial charge in [0.15, 0.2) is 5.16 Å². The van der Waals surface area contributed by atoms with Crippen LogP contribution in [0, 0.1) is 0 Å². The Labute approximate surface area is 106 Å². The number of anilines is 1. The number of hydrogen-bond donors (Lipinski definition) is 3. The van der Waals surface area contributed by atoms with Gasteiger partial charge in [0.2, 0.25) is 0 Å². The standard InChI is InChI=1S/C11H9N5OS/c12-7-3-6-5-14-16-8(6)4-9(7)18-11-13-2-1-10(17)15-11/h1-5H,12H2,(H,14,16)(H,13,15,17). The van der Waals surface area contributed by atoms with E-state index in [0.29, 0.717) is 10.8 Å². The Morgan fingerprint density at radius 3 is 3.06 bits per heavy atom. The first kappa shape index (κ1) is 10.8. The molecule has 3 rings (SSSR count). The molecule has 0 bridgehead atoms. The van der Waals surface area contributed by atoms with Gasteiger partial charge in [0.25, 0.3) is 5.56 Å². The highest BCUT2D eigenvalue weighted by atomic mass is 32.2. The highest BCUT2D eigenvalue weighted by molar-refractivity contribution is 7.99. The number of aromatic nitrogens is 4. The number of nitrogens with one attached hydrogen (secondary N) is 2. The lowest BCUT2D eigenvalue weighted by molar-refractivity contribution is 0.937. The zero-order chi connectivity index (χ0) is 12.5. The van der Waals surface area contributed by atoms with Gasteiger partial charge in [0, 0.05) is 28.2 Å². The summed E-state index contributed by atoms with van der Waals surface area (Å²) in [5.74, 6) is 0. The molecule has 0 amide bonds. The second kappa shape index (κ2) is 4.19. The Hall–Kier alpha value is -2.28. The van der Waals surface area contributed by atoms with Gasteiger partial charge >= 0.3 is 0 Å². The molecule has 2 aromatic heterocycles. The molecule has 0 unspecified atom stereocenters. The summed E-state index contributed by atoms with van der Waals surface area (Å²) in [4.78, 5) is 18.7. The van der Waals surface area contributed by atoms with Gasteiger partial charge in [-0.3, -0.25) is 9.89 Å². The van der Waals surface area contributed by atoms with Crippen LogP contribution in [0.5, 0.6) is 0 Å². The first-order chi connectivity index (χ1) is 8.72. The fraction of sp³-hybridized carbons (Fsp3) is 0. The first-order valence-corrected chi connectivity index (χ1v) is 6.00. The van der Waals surface area contributed by atoms with Crippen LogP contribution in [0.25, 0.3) is 10.9 Å². The van der Waals surface area contributed by atoms with E-state index in [1.807, 2.05) is 12.1 Å². The van der Waals surface area contributed by atoms with Gasteiger partial charge in [-0.05, 0) is 23.9 Å². The second-order valence-corrected chi connectivity index (χ2v) is 4.72. The Bertz CT molecular complexity index is 763.